The number of allylic oxidation sites excluding steroid dienone is 29. The van der Waals surface area contributed by atoms with Crippen LogP contribution < -0.4 is 0 Å². The van der Waals surface area contributed by atoms with Crippen molar-refractivity contribution >= 4 is 39.5 Å². The Morgan fingerprint density at radius 1 is 0.288 bits per heavy atom. The van der Waals surface area contributed by atoms with Crippen molar-refractivity contribution in [2.45, 2.75) is 290 Å². The van der Waals surface area contributed by atoms with Gasteiger partial charge in [0.15, 0.2) is 12.2 Å². The van der Waals surface area contributed by atoms with Gasteiger partial charge in [-0.3, -0.25) is 37.3 Å². The summed E-state index contributed by atoms with van der Waals surface area (Å²) < 4.78 is 68.3. The van der Waals surface area contributed by atoms with E-state index in [4.69, 9.17) is 37.0 Å². The molecule has 0 heterocycles. The summed E-state index contributed by atoms with van der Waals surface area (Å²) in [4.78, 5) is 72.9. The van der Waals surface area contributed by atoms with Crippen LogP contribution in [0.5, 0.6) is 0 Å². The average Bonchev–Trinajstić information content (AvgIpc) is 0.911. The molecule has 0 aliphatic rings. The maximum absolute atomic E-state index is 13.1. The minimum absolute atomic E-state index is 0.00964. The number of unbranched alkanes of at least 4 members (excludes halogenated alkanes) is 16. The predicted octanol–water partition coefficient (Wildman–Crippen LogP) is 22.8. The molecule has 0 bridgehead atoms. The van der Waals surface area contributed by atoms with Gasteiger partial charge in [-0.15, -0.1) is 0 Å². The minimum atomic E-state index is -5.03. The summed E-state index contributed by atoms with van der Waals surface area (Å²) in [5.74, 6) is -2.46. The number of phosphoric ester groups is 2. The normalized spacial score (nSPS) is 14.9. The summed E-state index contributed by atoms with van der Waals surface area (Å²) in [6, 6.07) is 0. The Bertz CT molecular complexity index is 2690. The molecule has 0 saturated carbocycles. The van der Waals surface area contributed by atoms with Crippen molar-refractivity contribution in [2.75, 3.05) is 39.6 Å². The fraction of sp³-hybridized carbons (Fsp3) is 0.600. The summed E-state index contributed by atoms with van der Waals surface area (Å²) in [5.41, 5.74) is 0. The van der Waals surface area contributed by atoms with Gasteiger partial charge in [0.2, 0.25) is 0 Å². The largest absolute Gasteiger partial charge is 0.472 e. The molecule has 17 nitrogen and oxygen atoms in total. The number of aliphatic hydroxyl groups is 1. The number of esters is 4. The highest BCUT2D eigenvalue weighted by Gasteiger charge is 2.30. The Kier molecular flexibility index (Phi) is 71.2. The molecular weight excluding hydrogens is 1350 g/mol. The number of hydrogen-bond donors (Lipinski definition) is 3. The monoisotopic (exact) mass is 1490 g/mol. The van der Waals surface area contributed by atoms with Crippen molar-refractivity contribution in [2.24, 2.45) is 0 Å². The summed E-state index contributed by atoms with van der Waals surface area (Å²) >= 11 is 0. The zero-order valence-electron chi connectivity index (χ0n) is 64.1. The van der Waals surface area contributed by atoms with Gasteiger partial charge < -0.3 is 33.8 Å². The van der Waals surface area contributed by atoms with Gasteiger partial charge in [0.1, 0.15) is 19.3 Å². The third-order valence-corrected chi connectivity index (χ3v) is 17.3. The van der Waals surface area contributed by atoms with Gasteiger partial charge in [-0.05, 0) is 148 Å². The van der Waals surface area contributed by atoms with Gasteiger partial charge >= 0.3 is 39.5 Å². The van der Waals surface area contributed by atoms with E-state index in [1.165, 1.54) is 25.7 Å². The predicted molar refractivity (Wildman–Crippen MR) is 426 cm³/mol. The molecule has 588 valence electrons. The smallest absolute Gasteiger partial charge is 0.462 e. The first-order valence-corrected chi connectivity index (χ1v) is 42.0. The molecule has 0 aromatic heterocycles. The number of rotatable bonds is 71. The highest BCUT2D eigenvalue weighted by atomic mass is 31.2. The number of ether oxygens (including phenoxy) is 4. The summed E-state index contributed by atoms with van der Waals surface area (Å²) in [6.07, 6.45) is 90.7. The van der Waals surface area contributed by atoms with Crippen LogP contribution in [0.3, 0.4) is 0 Å². The standard InChI is InChI=1S/C85H136O17P2/c1-5-9-13-17-21-25-29-33-36-38-39-41-44-47-50-54-58-62-66-70-83(88)96-76-81(102-85(90)72-68-64-60-56-52-48-42-35-31-27-23-19-15-11-7-3)78-100-104(93,94)98-74-79(86)73-97-103(91,92)99-77-80(101-84(89)71-67-63-59-55-51-45-32-28-24-20-16-12-8-4)75-95-82(87)69-65-61-57-53-49-46-43-40-37-34-30-26-22-18-14-10-6-2/h9-11,13-15,21-23,25-28,32-37,39,41-42,47,50,52,56,58,62,64,68,79-81,86H,5-8,12,16-20,24,29-31,38,40,43-46,48-49,51,53-55,57,59-61,63,65-67,69-78H2,1-4H3,(H,91,92)(H,93,94)/b13-9-,14-10-,15-11-,25-21-,26-22-,27-23-,32-28-,36-33-,37-34-,41-39-,42-35-,50-47-,56-52-,62-58-,68-64-. The fourth-order valence-electron chi connectivity index (χ4n) is 9.56. The van der Waals surface area contributed by atoms with Gasteiger partial charge in [0, 0.05) is 19.3 Å². The quantitative estimate of drug-likeness (QED) is 0.0169. The molecule has 0 amide bonds. The van der Waals surface area contributed by atoms with E-state index < -0.39 is 97.5 Å². The van der Waals surface area contributed by atoms with E-state index in [2.05, 4.69) is 167 Å². The first-order valence-electron chi connectivity index (χ1n) is 39.0. The molecule has 104 heavy (non-hydrogen) atoms. The van der Waals surface area contributed by atoms with E-state index in [0.29, 0.717) is 32.1 Å². The second-order valence-corrected chi connectivity index (χ2v) is 28.1. The van der Waals surface area contributed by atoms with Crippen molar-refractivity contribution in [3.8, 4) is 0 Å². The third-order valence-electron chi connectivity index (χ3n) is 15.4. The maximum Gasteiger partial charge on any atom is 0.472 e. The molecular formula is C85H136O17P2. The lowest BCUT2D eigenvalue weighted by molar-refractivity contribution is -0.161. The summed E-state index contributed by atoms with van der Waals surface area (Å²) in [6.45, 7) is 4.27. The Balaban J connectivity index is 5.50. The van der Waals surface area contributed by atoms with Crippen LogP contribution in [0.4, 0.5) is 0 Å². The van der Waals surface area contributed by atoms with E-state index in [0.717, 1.165) is 161 Å². The molecule has 0 radical (unpaired) electrons. The van der Waals surface area contributed by atoms with Crippen molar-refractivity contribution in [1.82, 2.24) is 0 Å². The number of aliphatic hydroxyl groups excluding tert-OH is 1. The highest BCUT2D eigenvalue weighted by molar-refractivity contribution is 7.47. The number of hydrogen-bond acceptors (Lipinski definition) is 15. The van der Waals surface area contributed by atoms with Gasteiger partial charge in [-0.1, -0.05) is 281 Å². The van der Waals surface area contributed by atoms with E-state index in [1.807, 2.05) is 30.4 Å². The third kappa shape index (κ3) is 74.4. The van der Waals surface area contributed by atoms with Crippen LogP contribution in [0.1, 0.15) is 272 Å². The van der Waals surface area contributed by atoms with Crippen LogP contribution >= 0.6 is 15.6 Å². The first-order chi connectivity index (χ1) is 50.7. The van der Waals surface area contributed by atoms with Crippen molar-refractivity contribution in [1.29, 1.82) is 0 Å². The average molecular weight is 1490 g/mol. The fourth-order valence-corrected chi connectivity index (χ4v) is 11.1. The molecule has 0 rings (SSSR count). The molecule has 19 heteroatoms. The zero-order valence-corrected chi connectivity index (χ0v) is 65.9. The van der Waals surface area contributed by atoms with Gasteiger partial charge in [-0.25, -0.2) is 9.13 Å². The lowest BCUT2D eigenvalue weighted by Gasteiger charge is -2.21. The maximum atomic E-state index is 13.1. The Morgan fingerprint density at radius 3 is 0.923 bits per heavy atom. The lowest BCUT2D eigenvalue weighted by Crippen LogP contribution is -2.30. The molecule has 0 aromatic carbocycles. The second-order valence-electron chi connectivity index (χ2n) is 25.2. The summed E-state index contributed by atoms with van der Waals surface area (Å²) in [7, 11) is -10.0. The zero-order chi connectivity index (χ0) is 76.0. The van der Waals surface area contributed by atoms with E-state index in [-0.39, 0.29) is 25.7 Å². The van der Waals surface area contributed by atoms with Crippen LogP contribution in [-0.2, 0) is 65.4 Å². The Hall–Kier alpha value is -5.84. The van der Waals surface area contributed by atoms with Gasteiger partial charge in [0.05, 0.1) is 32.8 Å². The molecule has 3 N–H and O–H groups in total. The van der Waals surface area contributed by atoms with Crippen LogP contribution in [0.15, 0.2) is 182 Å². The molecule has 0 aliphatic heterocycles. The minimum Gasteiger partial charge on any atom is -0.462 e. The molecule has 5 atom stereocenters. The van der Waals surface area contributed by atoms with Crippen molar-refractivity contribution in [3.63, 3.8) is 0 Å². The molecule has 0 saturated heterocycles. The number of phosphoric acid groups is 2. The van der Waals surface area contributed by atoms with Crippen LogP contribution in [-0.4, -0.2) is 96.7 Å². The van der Waals surface area contributed by atoms with E-state index >= 15 is 0 Å². The van der Waals surface area contributed by atoms with Crippen LogP contribution in [0, 0.1) is 0 Å². The Morgan fingerprint density at radius 2 is 0.558 bits per heavy atom. The van der Waals surface area contributed by atoms with Gasteiger partial charge in [-0.2, -0.15) is 0 Å². The molecule has 0 aromatic rings. The van der Waals surface area contributed by atoms with Crippen LogP contribution in [0.2, 0.25) is 0 Å². The van der Waals surface area contributed by atoms with Gasteiger partial charge in [0.25, 0.3) is 0 Å². The second kappa shape index (κ2) is 75.4. The SMILES string of the molecule is CC/C=C\C/C=C\C/C=C\C/C=C\C/C=C\C/C=C\CCC(=O)OCC(COP(=O)(O)OCC(O)COP(=O)(O)OCC(COC(=O)CCCCCCCCC/C=C\C/C=C\C/C=C\CC)OC(=O)CCCCCCC/C=C\CCCCCC)OC(=O)C/C=C\C/C=C\C/C=C\C/C=C\C/C=C\CC. The van der Waals surface area contributed by atoms with E-state index in [9.17, 15) is 43.2 Å². The van der Waals surface area contributed by atoms with Crippen molar-refractivity contribution in [3.05, 3.63) is 182 Å². The highest BCUT2D eigenvalue weighted by Crippen LogP contribution is 2.45. The molecule has 0 aliphatic carbocycles. The van der Waals surface area contributed by atoms with Crippen molar-refractivity contribution < 1.29 is 80.2 Å². The number of carbonyl (C=O) groups is 4. The lowest BCUT2D eigenvalue weighted by atomic mass is 10.1. The topological polar surface area (TPSA) is 237 Å². The first kappa shape index (κ1) is 98.2. The molecule has 0 spiro atoms. The molecule has 5 unspecified atom stereocenters. The molecule has 0 fully saturated rings. The Labute approximate surface area is 628 Å². The summed E-state index contributed by atoms with van der Waals surface area (Å²) in [5, 5.41) is 10.6. The number of carbonyl (C=O) groups excluding carboxylic acids is 4. The van der Waals surface area contributed by atoms with Crippen LogP contribution in [0.25, 0.3) is 0 Å². The van der Waals surface area contributed by atoms with E-state index in [1.54, 1.807) is 12.2 Å².